The number of Topliss-reactive ketones (excluding diaryl/α,β-unsaturated/α-hetero) is 1. The molecular formula is C20H19F3N2O2. The zero-order valence-corrected chi connectivity index (χ0v) is 15.0. The Labute approximate surface area is 155 Å². The molecule has 1 aliphatic rings. The molecule has 1 aromatic carbocycles. The first-order valence-corrected chi connectivity index (χ1v) is 8.53. The van der Waals surface area contributed by atoms with Gasteiger partial charge < -0.3 is 4.90 Å². The van der Waals surface area contributed by atoms with E-state index in [9.17, 15) is 22.8 Å². The molecule has 0 saturated carbocycles. The molecular weight excluding hydrogens is 357 g/mol. The van der Waals surface area contributed by atoms with Crippen LogP contribution in [0.25, 0.3) is 0 Å². The molecule has 1 aliphatic heterocycles. The molecule has 142 valence electrons. The van der Waals surface area contributed by atoms with Crippen LogP contribution in [0.15, 0.2) is 42.7 Å². The van der Waals surface area contributed by atoms with E-state index in [2.05, 4.69) is 4.98 Å². The molecule has 0 unspecified atom stereocenters. The number of carbonyl (C=O) groups excluding carboxylic acids is 2. The summed E-state index contributed by atoms with van der Waals surface area (Å²) in [6.07, 6.45) is -1.25. The molecule has 0 aliphatic carbocycles. The minimum atomic E-state index is -4.48. The zero-order valence-electron chi connectivity index (χ0n) is 15.0. The Bertz CT molecular complexity index is 880. The minimum Gasteiger partial charge on any atom is -0.344 e. The van der Waals surface area contributed by atoms with E-state index in [4.69, 9.17) is 0 Å². The third-order valence-corrected chi connectivity index (χ3v) is 5.02. The van der Waals surface area contributed by atoms with E-state index in [1.807, 2.05) is 6.92 Å². The van der Waals surface area contributed by atoms with E-state index in [1.165, 1.54) is 11.0 Å². The van der Waals surface area contributed by atoms with Gasteiger partial charge in [-0.15, -0.1) is 0 Å². The first kappa shape index (κ1) is 19.1. The van der Waals surface area contributed by atoms with Crippen molar-refractivity contribution in [1.29, 1.82) is 0 Å². The molecule has 1 saturated heterocycles. The van der Waals surface area contributed by atoms with Gasteiger partial charge in [0.05, 0.1) is 5.56 Å². The number of halogens is 3. The number of hydrogen-bond acceptors (Lipinski definition) is 3. The van der Waals surface area contributed by atoms with Crippen molar-refractivity contribution in [3.63, 3.8) is 0 Å². The summed E-state index contributed by atoms with van der Waals surface area (Å²) < 4.78 is 39.1. The summed E-state index contributed by atoms with van der Waals surface area (Å²) in [5.74, 6) is -2.25. The molecule has 0 bridgehead atoms. The minimum absolute atomic E-state index is 0.0272. The van der Waals surface area contributed by atoms with Gasteiger partial charge in [-0.05, 0) is 35.7 Å². The van der Waals surface area contributed by atoms with Gasteiger partial charge >= 0.3 is 6.18 Å². The van der Waals surface area contributed by atoms with Gasteiger partial charge in [0.2, 0.25) is 5.91 Å². The summed E-state index contributed by atoms with van der Waals surface area (Å²) in [5.41, 5.74) is 1.17. The molecule has 2 aromatic rings. The van der Waals surface area contributed by atoms with Crippen molar-refractivity contribution < 1.29 is 22.8 Å². The number of likely N-dealkylation sites (N-methyl/N-ethyl adjacent to an activating group) is 1. The molecule has 1 amide bonds. The quantitative estimate of drug-likeness (QED) is 0.769. The molecule has 4 nitrogen and oxygen atoms in total. The number of pyridine rings is 1. The fourth-order valence-electron chi connectivity index (χ4n) is 3.48. The van der Waals surface area contributed by atoms with Crippen LogP contribution < -0.4 is 0 Å². The summed E-state index contributed by atoms with van der Waals surface area (Å²) in [6.45, 7) is 2.06. The second-order valence-electron chi connectivity index (χ2n) is 6.87. The third kappa shape index (κ3) is 3.86. The predicted octanol–water partition coefficient (Wildman–Crippen LogP) is 3.39. The number of likely N-dealkylation sites (tertiary alicyclic amines) is 1. The van der Waals surface area contributed by atoms with Crippen LogP contribution in [0.2, 0.25) is 0 Å². The van der Waals surface area contributed by atoms with Crippen molar-refractivity contribution in [3.05, 3.63) is 65.0 Å². The lowest BCUT2D eigenvalue weighted by molar-refractivity contribution is -0.137. The molecule has 0 radical (unpaired) electrons. The highest BCUT2D eigenvalue weighted by molar-refractivity contribution is 6.04. The summed E-state index contributed by atoms with van der Waals surface area (Å²) in [5, 5.41) is 0. The van der Waals surface area contributed by atoms with E-state index >= 15 is 0 Å². The van der Waals surface area contributed by atoms with Gasteiger partial charge in [-0.1, -0.05) is 18.2 Å². The summed E-state index contributed by atoms with van der Waals surface area (Å²) in [6, 6.07) is 6.65. The Hall–Kier alpha value is -2.70. The van der Waals surface area contributed by atoms with Gasteiger partial charge in [0, 0.05) is 38.3 Å². The lowest BCUT2D eigenvalue weighted by Gasteiger charge is -2.18. The van der Waals surface area contributed by atoms with Crippen LogP contribution in [0.3, 0.4) is 0 Å². The van der Waals surface area contributed by atoms with Crippen LogP contribution in [0.4, 0.5) is 13.2 Å². The van der Waals surface area contributed by atoms with Crippen LogP contribution in [-0.2, 0) is 22.2 Å². The molecule has 1 aromatic heterocycles. The number of aromatic nitrogens is 1. The molecule has 2 heterocycles. The van der Waals surface area contributed by atoms with Gasteiger partial charge in [-0.25, -0.2) is 0 Å². The number of amides is 1. The summed E-state index contributed by atoms with van der Waals surface area (Å²) in [7, 11) is 1.56. The standard InChI is InChI=1S/C20H19F3N2O2/c1-12-6-7-24-10-14(12)9-17(26)18-16(11-25(2)19(18)27)13-4-3-5-15(8-13)20(21,22)23/h3-8,10,16,18H,9,11H2,1-2H3/t16-,18+/m1/s1. The Kier molecular flexibility index (Phi) is 5.04. The van der Waals surface area contributed by atoms with Crippen LogP contribution in [0.5, 0.6) is 0 Å². The monoisotopic (exact) mass is 376 g/mol. The van der Waals surface area contributed by atoms with Gasteiger partial charge in [0.15, 0.2) is 0 Å². The maximum atomic E-state index is 13.0. The highest BCUT2D eigenvalue weighted by Crippen LogP contribution is 2.37. The van der Waals surface area contributed by atoms with Crippen molar-refractivity contribution in [2.45, 2.75) is 25.4 Å². The average molecular weight is 376 g/mol. The van der Waals surface area contributed by atoms with E-state index in [0.717, 1.165) is 17.7 Å². The number of nitrogens with zero attached hydrogens (tertiary/aromatic N) is 2. The molecule has 0 spiro atoms. The lowest BCUT2D eigenvalue weighted by atomic mass is 9.83. The maximum Gasteiger partial charge on any atom is 0.416 e. The van der Waals surface area contributed by atoms with E-state index < -0.39 is 23.6 Å². The van der Waals surface area contributed by atoms with Gasteiger partial charge in [-0.2, -0.15) is 13.2 Å². The number of hydrogen-bond donors (Lipinski definition) is 0. The average Bonchev–Trinajstić information content (AvgIpc) is 2.91. The fourth-order valence-corrected chi connectivity index (χ4v) is 3.48. The molecule has 2 atom stereocenters. The Balaban J connectivity index is 1.92. The van der Waals surface area contributed by atoms with Crippen LogP contribution in [-0.4, -0.2) is 35.2 Å². The van der Waals surface area contributed by atoms with Crippen LogP contribution in [0, 0.1) is 12.8 Å². The zero-order chi connectivity index (χ0) is 19.8. The Morgan fingerprint density at radius 2 is 2.04 bits per heavy atom. The van der Waals surface area contributed by atoms with E-state index in [-0.39, 0.29) is 24.7 Å². The topological polar surface area (TPSA) is 50.3 Å². The largest absolute Gasteiger partial charge is 0.416 e. The number of aryl methyl sites for hydroxylation is 1. The van der Waals surface area contributed by atoms with Gasteiger partial charge in [0.25, 0.3) is 0 Å². The van der Waals surface area contributed by atoms with Crippen molar-refractivity contribution in [2.24, 2.45) is 5.92 Å². The lowest BCUT2D eigenvalue weighted by Crippen LogP contribution is -2.29. The van der Waals surface area contributed by atoms with Crippen LogP contribution in [0.1, 0.15) is 28.2 Å². The number of rotatable bonds is 4. The van der Waals surface area contributed by atoms with E-state index in [1.54, 1.807) is 31.6 Å². The number of carbonyl (C=O) groups is 2. The molecule has 27 heavy (non-hydrogen) atoms. The van der Waals surface area contributed by atoms with Gasteiger partial charge in [0.1, 0.15) is 11.7 Å². The second kappa shape index (κ2) is 7.13. The van der Waals surface area contributed by atoms with Crippen molar-refractivity contribution >= 4 is 11.7 Å². The highest BCUT2D eigenvalue weighted by Gasteiger charge is 2.44. The van der Waals surface area contributed by atoms with Crippen LogP contribution >= 0.6 is 0 Å². The molecule has 1 fully saturated rings. The SMILES string of the molecule is Cc1ccncc1CC(=O)[C@H]1C(=O)N(C)C[C@@H]1c1cccc(C(F)(F)F)c1. The Morgan fingerprint density at radius 3 is 2.70 bits per heavy atom. The molecule has 7 heteroatoms. The Morgan fingerprint density at radius 1 is 1.30 bits per heavy atom. The second-order valence-corrected chi connectivity index (χ2v) is 6.87. The maximum absolute atomic E-state index is 13.0. The third-order valence-electron chi connectivity index (χ3n) is 5.02. The smallest absolute Gasteiger partial charge is 0.344 e. The van der Waals surface area contributed by atoms with Crippen molar-refractivity contribution in [3.8, 4) is 0 Å². The number of benzene rings is 1. The van der Waals surface area contributed by atoms with Crippen molar-refractivity contribution in [2.75, 3.05) is 13.6 Å². The number of alkyl halides is 3. The highest BCUT2D eigenvalue weighted by atomic mass is 19.4. The fraction of sp³-hybridized carbons (Fsp3) is 0.350. The van der Waals surface area contributed by atoms with Crippen molar-refractivity contribution in [1.82, 2.24) is 9.88 Å². The van der Waals surface area contributed by atoms with E-state index in [0.29, 0.717) is 11.1 Å². The summed E-state index contributed by atoms with van der Waals surface area (Å²) in [4.78, 5) is 30.9. The summed E-state index contributed by atoms with van der Waals surface area (Å²) >= 11 is 0. The predicted molar refractivity (Wildman–Crippen MR) is 93.0 cm³/mol. The first-order chi connectivity index (χ1) is 12.7. The molecule has 0 N–H and O–H groups in total. The van der Waals surface area contributed by atoms with Gasteiger partial charge in [-0.3, -0.25) is 14.6 Å². The number of ketones is 1. The normalized spacial score (nSPS) is 20.2. The first-order valence-electron chi connectivity index (χ1n) is 8.53. The molecule has 3 rings (SSSR count).